The molecule has 0 aliphatic carbocycles. The lowest BCUT2D eigenvalue weighted by Crippen LogP contribution is -2.24. The second-order valence-corrected chi connectivity index (χ2v) is 6.96. The zero-order chi connectivity index (χ0) is 21.3. The van der Waals surface area contributed by atoms with Crippen molar-refractivity contribution in [3.63, 3.8) is 0 Å². The lowest BCUT2D eigenvalue weighted by Gasteiger charge is -2.11. The van der Waals surface area contributed by atoms with Gasteiger partial charge in [0.2, 0.25) is 0 Å². The van der Waals surface area contributed by atoms with E-state index in [-0.39, 0.29) is 0 Å². The second-order valence-electron chi connectivity index (χ2n) is 6.52. The number of rotatable bonds is 7. The molecule has 2 N–H and O–H groups in total. The van der Waals surface area contributed by atoms with Gasteiger partial charge in [-0.05, 0) is 54.4 Å². The quantitative estimate of drug-likeness (QED) is 0.395. The zero-order valence-electron chi connectivity index (χ0n) is 16.7. The molecule has 0 unspecified atom stereocenters. The van der Waals surface area contributed by atoms with E-state index < -0.39 is 6.03 Å². The van der Waals surface area contributed by atoms with Crippen molar-refractivity contribution in [1.29, 1.82) is 0 Å². The average molecular weight is 424 g/mol. The van der Waals surface area contributed by atoms with Crippen LogP contribution < -0.4 is 20.2 Å². The van der Waals surface area contributed by atoms with Crippen molar-refractivity contribution >= 4 is 29.5 Å². The summed E-state index contributed by atoms with van der Waals surface area (Å²) in [6.07, 6.45) is 1.52. The van der Waals surface area contributed by atoms with Gasteiger partial charge in [0, 0.05) is 10.7 Å². The maximum Gasteiger partial charge on any atom is 0.339 e. The van der Waals surface area contributed by atoms with Crippen LogP contribution in [0.25, 0.3) is 0 Å². The van der Waals surface area contributed by atoms with Gasteiger partial charge in [-0.1, -0.05) is 47.5 Å². The first-order valence-corrected chi connectivity index (χ1v) is 9.63. The van der Waals surface area contributed by atoms with E-state index in [1.807, 2.05) is 37.3 Å². The molecule has 0 aliphatic heterocycles. The number of carbonyl (C=O) groups is 1. The molecule has 0 spiro atoms. The number of nitrogens with zero attached hydrogens (tertiary/aromatic N) is 1. The first-order chi connectivity index (χ1) is 14.5. The number of halogens is 1. The lowest BCUT2D eigenvalue weighted by atomic mass is 10.1. The van der Waals surface area contributed by atoms with Gasteiger partial charge in [0.25, 0.3) is 0 Å². The van der Waals surface area contributed by atoms with Gasteiger partial charge in [-0.15, -0.1) is 0 Å². The molecular weight excluding hydrogens is 402 g/mol. The van der Waals surface area contributed by atoms with Crippen molar-refractivity contribution in [3.8, 4) is 11.5 Å². The predicted molar refractivity (Wildman–Crippen MR) is 120 cm³/mol. The highest BCUT2D eigenvalue weighted by Crippen LogP contribution is 2.28. The van der Waals surface area contributed by atoms with Crippen LogP contribution in [0.4, 0.5) is 10.5 Å². The summed E-state index contributed by atoms with van der Waals surface area (Å²) in [7, 11) is 1.59. The molecule has 3 rings (SSSR count). The molecule has 0 atom stereocenters. The van der Waals surface area contributed by atoms with Crippen LogP contribution in [0, 0.1) is 6.92 Å². The van der Waals surface area contributed by atoms with Gasteiger partial charge < -0.3 is 14.8 Å². The fourth-order valence-corrected chi connectivity index (χ4v) is 2.81. The van der Waals surface area contributed by atoms with Crippen LogP contribution in [0.15, 0.2) is 71.8 Å². The number of urea groups is 1. The number of hydrogen-bond acceptors (Lipinski definition) is 4. The molecule has 7 heteroatoms. The minimum absolute atomic E-state index is 0.414. The Morgan fingerprint density at radius 2 is 1.87 bits per heavy atom. The van der Waals surface area contributed by atoms with Gasteiger partial charge in [0.1, 0.15) is 6.61 Å². The molecule has 0 aromatic heterocycles. The van der Waals surface area contributed by atoms with Crippen LogP contribution in [-0.4, -0.2) is 19.4 Å². The molecule has 3 aromatic rings. The Balaban J connectivity index is 1.60. The lowest BCUT2D eigenvalue weighted by molar-refractivity contribution is 0.252. The number of benzene rings is 3. The van der Waals surface area contributed by atoms with Crippen molar-refractivity contribution in [3.05, 3.63) is 88.4 Å². The summed E-state index contributed by atoms with van der Waals surface area (Å²) in [5, 5.41) is 7.15. The Bertz CT molecular complexity index is 1040. The molecule has 0 saturated heterocycles. The molecule has 6 nitrogen and oxygen atoms in total. The molecule has 0 radical (unpaired) electrons. The summed E-state index contributed by atoms with van der Waals surface area (Å²) in [5.41, 5.74) is 5.99. The normalized spacial score (nSPS) is 10.6. The van der Waals surface area contributed by atoms with E-state index in [0.29, 0.717) is 28.8 Å². The van der Waals surface area contributed by atoms with Crippen LogP contribution >= 0.6 is 11.6 Å². The van der Waals surface area contributed by atoms with Crippen LogP contribution in [0.1, 0.15) is 16.7 Å². The summed E-state index contributed by atoms with van der Waals surface area (Å²) in [6.45, 7) is 2.46. The maximum absolute atomic E-state index is 11.9. The van der Waals surface area contributed by atoms with Gasteiger partial charge in [-0.2, -0.15) is 5.10 Å². The molecular formula is C23H22ClN3O3. The zero-order valence-corrected chi connectivity index (χ0v) is 17.4. The molecule has 0 saturated carbocycles. The monoisotopic (exact) mass is 423 g/mol. The number of anilines is 1. The Hall–Kier alpha value is -3.51. The number of amides is 2. The van der Waals surface area contributed by atoms with E-state index in [4.69, 9.17) is 21.1 Å². The summed E-state index contributed by atoms with van der Waals surface area (Å²) < 4.78 is 11.3. The molecule has 154 valence electrons. The summed E-state index contributed by atoms with van der Waals surface area (Å²) in [6, 6.07) is 19.9. The number of aryl methyl sites for hydroxylation is 1. The summed E-state index contributed by atoms with van der Waals surface area (Å²) in [5.74, 6) is 1.20. The van der Waals surface area contributed by atoms with E-state index >= 15 is 0 Å². The summed E-state index contributed by atoms with van der Waals surface area (Å²) >= 11 is 5.90. The third kappa shape index (κ3) is 6.25. The second kappa shape index (κ2) is 10.3. The topological polar surface area (TPSA) is 72.0 Å². The van der Waals surface area contributed by atoms with Crippen molar-refractivity contribution in [2.45, 2.75) is 13.5 Å². The van der Waals surface area contributed by atoms with Crippen LogP contribution in [0.2, 0.25) is 5.02 Å². The Morgan fingerprint density at radius 3 is 2.60 bits per heavy atom. The first-order valence-electron chi connectivity index (χ1n) is 9.25. The fraction of sp³-hybridized carbons (Fsp3) is 0.130. The number of ether oxygens (including phenoxy) is 2. The van der Waals surface area contributed by atoms with Crippen molar-refractivity contribution < 1.29 is 14.3 Å². The molecule has 0 aliphatic rings. The van der Waals surface area contributed by atoms with Gasteiger partial charge >= 0.3 is 6.03 Å². The van der Waals surface area contributed by atoms with E-state index in [0.717, 1.165) is 11.1 Å². The Morgan fingerprint density at radius 1 is 1.07 bits per heavy atom. The Labute approximate surface area is 180 Å². The highest BCUT2D eigenvalue weighted by atomic mass is 35.5. The van der Waals surface area contributed by atoms with E-state index in [2.05, 4.69) is 15.8 Å². The van der Waals surface area contributed by atoms with Gasteiger partial charge in [0.05, 0.1) is 13.3 Å². The molecule has 0 fully saturated rings. The number of hydrazone groups is 1. The third-order valence-electron chi connectivity index (χ3n) is 4.16. The number of hydrogen-bond donors (Lipinski definition) is 2. The molecule has 3 aromatic carbocycles. The highest BCUT2D eigenvalue weighted by molar-refractivity contribution is 6.30. The van der Waals surface area contributed by atoms with Crippen LogP contribution in [-0.2, 0) is 6.61 Å². The number of methoxy groups -OCH3 is 1. The maximum atomic E-state index is 11.9. The third-order valence-corrected chi connectivity index (χ3v) is 4.40. The number of nitrogens with one attached hydrogen (secondary N) is 2. The number of carbonyl (C=O) groups excluding carboxylic acids is 1. The smallest absolute Gasteiger partial charge is 0.339 e. The average Bonchev–Trinajstić information content (AvgIpc) is 2.73. The van der Waals surface area contributed by atoms with E-state index in [9.17, 15) is 4.79 Å². The molecule has 0 bridgehead atoms. The van der Waals surface area contributed by atoms with Gasteiger partial charge in [-0.3, -0.25) is 0 Å². The SMILES string of the molecule is COc1ccc(/C=N\NC(=O)Nc2cccc(Cl)c2)cc1OCc1ccc(C)cc1. The van der Waals surface area contributed by atoms with E-state index in [1.165, 1.54) is 11.8 Å². The van der Waals surface area contributed by atoms with Crippen LogP contribution in [0.5, 0.6) is 11.5 Å². The Kier molecular flexibility index (Phi) is 7.29. The minimum atomic E-state index is -0.474. The predicted octanol–water partition coefficient (Wildman–Crippen LogP) is 5.39. The van der Waals surface area contributed by atoms with Crippen molar-refractivity contribution in [1.82, 2.24) is 5.43 Å². The van der Waals surface area contributed by atoms with Gasteiger partial charge in [-0.25, -0.2) is 10.2 Å². The van der Waals surface area contributed by atoms with Crippen molar-refractivity contribution in [2.75, 3.05) is 12.4 Å². The highest BCUT2D eigenvalue weighted by Gasteiger charge is 2.06. The van der Waals surface area contributed by atoms with E-state index in [1.54, 1.807) is 43.5 Å². The molecule has 30 heavy (non-hydrogen) atoms. The van der Waals surface area contributed by atoms with Crippen molar-refractivity contribution in [2.24, 2.45) is 5.10 Å². The minimum Gasteiger partial charge on any atom is -0.493 e. The summed E-state index contributed by atoms with van der Waals surface area (Å²) in [4.78, 5) is 11.9. The molecule has 2 amide bonds. The standard InChI is InChI=1S/C23H22ClN3O3/c1-16-6-8-17(9-7-16)15-30-22-12-18(10-11-21(22)29-2)14-25-27-23(28)26-20-5-3-4-19(24)13-20/h3-14H,15H2,1-2H3,(H2,26,27,28)/b25-14-. The largest absolute Gasteiger partial charge is 0.493 e. The molecule has 0 heterocycles. The van der Waals surface area contributed by atoms with Crippen LogP contribution in [0.3, 0.4) is 0 Å². The first kappa shape index (κ1) is 21.2. The fourth-order valence-electron chi connectivity index (χ4n) is 2.62. The van der Waals surface area contributed by atoms with Gasteiger partial charge in [0.15, 0.2) is 11.5 Å².